The lowest BCUT2D eigenvalue weighted by molar-refractivity contribution is 0.000326. The second kappa shape index (κ2) is 7.52. The number of rotatable bonds is 5. The summed E-state index contributed by atoms with van der Waals surface area (Å²) in [6.07, 6.45) is 5.71. The van der Waals surface area contributed by atoms with Gasteiger partial charge < -0.3 is 19.1 Å². The largest absolute Gasteiger partial charge is 0.487 e. The summed E-state index contributed by atoms with van der Waals surface area (Å²) in [6, 6.07) is 11.1. The first-order valence-electron chi connectivity index (χ1n) is 10.0. The number of ether oxygens (including phenoxy) is 1. The summed E-state index contributed by atoms with van der Waals surface area (Å²) in [5.74, 6) is 0.561. The molecule has 0 unspecified atom stereocenters. The molecule has 0 saturated carbocycles. The third-order valence-corrected chi connectivity index (χ3v) is 5.45. The van der Waals surface area contributed by atoms with E-state index >= 15 is 0 Å². The predicted octanol–water partition coefficient (Wildman–Crippen LogP) is 3.60. The fourth-order valence-electron chi connectivity index (χ4n) is 4.01. The van der Waals surface area contributed by atoms with Crippen LogP contribution in [-0.4, -0.2) is 43.5 Å². The van der Waals surface area contributed by atoms with E-state index in [0.717, 1.165) is 24.2 Å². The van der Waals surface area contributed by atoms with Crippen molar-refractivity contribution in [2.24, 2.45) is 0 Å². The van der Waals surface area contributed by atoms with Crippen molar-refractivity contribution in [3.8, 4) is 5.75 Å². The number of amides is 1. The number of likely N-dealkylation sites (tertiary alicyclic amines) is 1. The van der Waals surface area contributed by atoms with Crippen LogP contribution in [0.15, 0.2) is 48.8 Å². The van der Waals surface area contributed by atoms with Crippen molar-refractivity contribution in [2.45, 2.75) is 51.9 Å². The van der Waals surface area contributed by atoms with Gasteiger partial charge in [-0.2, -0.15) is 0 Å². The maximum Gasteiger partial charge on any atom is 0.254 e. The zero-order valence-corrected chi connectivity index (χ0v) is 17.1. The highest BCUT2D eigenvalue weighted by Crippen LogP contribution is 2.29. The standard InChI is InChI=1S/C23H27N3O3/c1-16-9-10-21-24-18(14-25(21)13-16)15-29-19-7-4-6-17(12-19)22(27)26-11-5-8-20(26)23(2,3)28/h4,6-7,9-10,12-14,20,28H,5,8,11,15H2,1-3H3/t20-/m0/s1. The van der Waals surface area contributed by atoms with Crippen LogP contribution in [0.25, 0.3) is 5.65 Å². The van der Waals surface area contributed by atoms with Gasteiger partial charge in [0.2, 0.25) is 0 Å². The van der Waals surface area contributed by atoms with Crippen molar-refractivity contribution in [1.82, 2.24) is 14.3 Å². The van der Waals surface area contributed by atoms with E-state index < -0.39 is 5.60 Å². The molecule has 0 aliphatic carbocycles. The van der Waals surface area contributed by atoms with Crippen LogP contribution in [0, 0.1) is 6.92 Å². The number of aromatic nitrogens is 2. The average Bonchev–Trinajstić information content (AvgIpc) is 3.32. The zero-order chi connectivity index (χ0) is 20.6. The van der Waals surface area contributed by atoms with E-state index in [0.29, 0.717) is 24.5 Å². The molecule has 1 N–H and O–H groups in total. The number of hydrogen-bond donors (Lipinski definition) is 1. The molecule has 1 aliphatic heterocycles. The number of imidazole rings is 1. The average molecular weight is 393 g/mol. The van der Waals surface area contributed by atoms with Gasteiger partial charge in [0.05, 0.1) is 17.3 Å². The number of pyridine rings is 1. The highest BCUT2D eigenvalue weighted by Gasteiger charge is 2.38. The number of nitrogens with zero attached hydrogens (tertiary/aromatic N) is 3. The van der Waals surface area contributed by atoms with Crippen LogP contribution < -0.4 is 4.74 Å². The Kier molecular flexibility index (Phi) is 5.04. The summed E-state index contributed by atoms with van der Waals surface area (Å²) in [5.41, 5.74) is 2.53. The van der Waals surface area contributed by atoms with E-state index in [-0.39, 0.29) is 11.9 Å². The molecule has 29 heavy (non-hydrogen) atoms. The Morgan fingerprint density at radius 2 is 2.10 bits per heavy atom. The molecule has 1 aromatic carbocycles. The lowest BCUT2D eigenvalue weighted by Gasteiger charge is -2.33. The van der Waals surface area contributed by atoms with Crippen LogP contribution >= 0.6 is 0 Å². The van der Waals surface area contributed by atoms with Gasteiger partial charge in [0.15, 0.2) is 0 Å². The van der Waals surface area contributed by atoms with Gasteiger partial charge in [-0.1, -0.05) is 12.1 Å². The number of benzene rings is 1. The molecule has 1 fully saturated rings. The summed E-state index contributed by atoms with van der Waals surface area (Å²) >= 11 is 0. The van der Waals surface area contributed by atoms with Crippen LogP contribution in [0.4, 0.5) is 0 Å². The van der Waals surface area contributed by atoms with Crippen molar-refractivity contribution in [1.29, 1.82) is 0 Å². The molecule has 0 spiro atoms. The molecule has 3 aromatic rings. The van der Waals surface area contributed by atoms with E-state index in [1.165, 1.54) is 5.56 Å². The van der Waals surface area contributed by atoms with Crippen molar-refractivity contribution >= 4 is 11.6 Å². The molecule has 0 bridgehead atoms. The van der Waals surface area contributed by atoms with E-state index in [1.54, 1.807) is 30.9 Å². The van der Waals surface area contributed by atoms with E-state index in [4.69, 9.17) is 4.74 Å². The highest BCUT2D eigenvalue weighted by atomic mass is 16.5. The first kappa shape index (κ1) is 19.5. The fourth-order valence-corrected chi connectivity index (χ4v) is 4.01. The van der Waals surface area contributed by atoms with Crippen LogP contribution in [0.3, 0.4) is 0 Å². The van der Waals surface area contributed by atoms with E-state index in [1.807, 2.05) is 48.0 Å². The Morgan fingerprint density at radius 1 is 1.28 bits per heavy atom. The second-order valence-electron chi connectivity index (χ2n) is 8.33. The van der Waals surface area contributed by atoms with Gasteiger partial charge in [-0.15, -0.1) is 0 Å². The summed E-state index contributed by atoms with van der Waals surface area (Å²) in [7, 11) is 0. The third-order valence-electron chi connectivity index (χ3n) is 5.45. The Balaban J connectivity index is 1.47. The number of carbonyl (C=O) groups is 1. The molecular weight excluding hydrogens is 366 g/mol. The molecule has 1 saturated heterocycles. The number of carbonyl (C=O) groups excluding carboxylic acids is 1. The maximum absolute atomic E-state index is 13.0. The van der Waals surface area contributed by atoms with Crippen molar-refractivity contribution in [2.75, 3.05) is 6.54 Å². The maximum atomic E-state index is 13.0. The minimum Gasteiger partial charge on any atom is -0.487 e. The second-order valence-corrected chi connectivity index (χ2v) is 8.33. The van der Waals surface area contributed by atoms with Gasteiger partial charge in [-0.25, -0.2) is 4.98 Å². The summed E-state index contributed by atoms with van der Waals surface area (Å²) < 4.78 is 7.89. The number of aliphatic hydroxyl groups is 1. The lowest BCUT2D eigenvalue weighted by atomic mass is 9.96. The van der Waals surface area contributed by atoms with Gasteiger partial charge in [0.25, 0.3) is 5.91 Å². The summed E-state index contributed by atoms with van der Waals surface area (Å²) in [5, 5.41) is 10.4. The molecule has 6 nitrogen and oxygen atoms in total. The minimum absolute atomic E-state index is 0.0664. The molecule has 1 amide bonds. The van der Waals surface area contributed by atoms with Crippen molar-refractivity contribution < 1.29 is 14.6 Å². The minimum atomic E-state index is -0.915. The topological polar surface area (TPSA) is 67.1 Å². The Hall–Kier alpha value is -2.86. The van der Waals surface area contributed by atoms with Gasteiger partial charge >= 0.3 is 0 Å². The molecule has 4 rings (SSSR count). The van der Waals surface area contributed by atoms with Gasteiger partial charge in [0.1, 0.15) is 18.0 Å². The first-order valence-corrected chi connectivity index (χ1v) is 10.0. The first-order chi connectivity index (χ1) is 13.8. The number of aryl methyl sites for hydroxylation is 1. The zero-order valence-electron chi connectivity index (χ0n) is 17.1. The van der Waals surface area contributed by atoms with E-state index in [9.17, 15) is 9.90 Å². The molecular formula is C23H27N3O3. The monoisotopic (exact) mass is 393 g/mol. The molecule has 152 valence electrons. The lowest BCUT2D eigenvalue weighted by Crippen LogP contribution is -2.48. The van der Waals surface area contributed by atoms with Gasteiger partial charge in [0, 0.05) is 24.5 Å². The molecule has 0 radical (unpaired) electrons. The van der Waals surface area contributed by atoms with E-state index in [2.05, 4.69) is 4.98 Å². The van der Waals surface area contributed by atoms with Gasteiger partial charge in [-0.05, 0) is 63.4 Å². The van der Waals surface area contributed by atoms with Crippen LogP contribution in [0.5, 0.6) is 5.75 Å². The van der Waals surface area contributed by atoms with Crippen LogP contribution in [0.2, 0.25) is 0 Å². The van der Waals surface area contributed by atoms with Gasteiger partial charge in [-0.3, -0.25) is 4.79 Å². The van der Waals surface area contributed by atoms with Crippen LogP contribution in [-0.2, 0) is 6.61 Å². The van der Waals surface area contributed by atoms with Crippen molar-refractivity contribution in [3.63, 3.8) is 0 Å². The molecule has 3 heterocycles. The Labute approximate surface area is 170 Å². The smallest absolute Gasteiger partial charge is 0.254 e. The fraction of sp³-hybridized carbons (Fsp3) is 0.391. The normalized spacial score (nSPS) is 17.1. The SMILES string of the molecule is Cc1ccc2nc(COc3cccc(C(=O)N4CCC[C@H]4C(C)(C)O)c3)cn2c1. The molecule has 1 atom stereocenters. The Bertz CT molecular complexity index is 1040. The third kappa shape index (κ3) is 4.12. The molecule has 1 aliphatic rings. The predicted molar refractivity (Wildman–Crippen MR) is 111 cm³/mol. The van der Waals surface area contributed by atoms with Crippen molar-refractivity contribution in [3.05, 3.63) is 65.6 Å². The highest BCUT2D eigenvalue weighted by molar-refractivity contribution is 5.95. The summed E-state index contributed by atoms with van der Waals surface area (Å²) in [6.45, 7) is 6.56. The number of fused-ring (bicyclic) bond motifs is 1. The quantitative estimate of drug-likeness (QED) is 0.719. The number of hydrogen-bond acceptors (Lipinski definition) is 4. The molecule has 2 aromatic heterocycles. The summed E-state index contributed by atoms with van der Waals surface area (Å²) in [4.78, 5) is 19.4. The molecule has 6 heteroatoms. The van der Waals surface area contributed by atoms with Crippen LogP contribution in [0.1, 0.15) is 48.3 Å². The Morgan fingerprint density at radius 3 is 2.90 bits per heavy atom.